The first-order chi connectivity index (χ1) is 12.6. The molecule has 0 saturated heterocycles. The number of amides is 2. The maximum Gasteiger partial charge on any atom is 0.244 e. The maximum atomic E-state index is 12.7. The first kappa shape index (κ1) is 16.5. The van der Waals surface area contributed by atoms with Crippen LogP contribution in [0.1, 0.15) is 0 Å². The Hall–Kier alpha value is -3.00. The van der Waals surface area contributed by atoms with Crippen molar-refractivity contribution in [3.63, 3.8) is 0 Å². The number of fused-ring (bicyclic) bond motifs is 2. The van der Waals surface area contributed by atoms with Gasteiger partial charge in [0.25, 0.3) is 0 Å². The molecule has 3 aromatic rings. The summed E-state index contributed by atoms with van der Waals surface area (Å²) in [5.74, 6) is 0.580. The number of nitrogens with zero attached hydrogens (tertiary/aromatic N) is 2. The number of thioether (sulfide) groups is 1. The van der Waals surface area contributed by atoms with E-state index in [4.69, 9.17) is 4.74 Å². The molecule has 2 amide bonds. The fourth-order valence-corrected chi connectivity index (χ4v) is 3.59. The molecule has 7 nitrogen and oxygen atoms in total. The van der Waals surface area contributed by atoms with Crippen molar-refractivity contribution >= 4 is 46.0 Å². The van der Waals surface area contributed by atoms with Crippen molar-refractivity contribution in [2.45, 2.75) is 5.16 Å². The number of carbonyl (C=O) groups is 2. The van der Waals surface area contributed by atoms with Crippen molar-refractivity contribution in [3.8, 4) is 5.75 Å². The lowest BCUT2D eigenvalue weighted by Gasteiger charge is -2.28. The predicted molar refractivity (Wildman–Crippen MR) is 101 cm³/mol. The van der Waals surface area contributed by atoms with E-state index in [1.54, 1.807) is 13.2 Å². The van der Waals surface area contributed by atoms with Gasteiger partial charge in [-0.2, -0.15) is 0 Å². The Morgan fingerprint density at radius 3 is 3.00 bits per heavy atom. The molecule has 2 N–H and O–H groups in total. The number of aromatic nitrogens is 2. The number of nitrogens with one attached hydrogen (secondary N) is 2. The first-order valence-electron chi connectivity index (χ1n) is 8.00. The lowest BCUT2D eigenvalue weighted by atomic mass is 10.2. The van der Waals surface area contributed by atoms with Crippen molar-refractivity contribution in [1.82, 2.24) is 9.97 Å². The molecule has 1 aromatic heterocycles. The number of anilines is 2. The number of ether oxygens (including phenoxy) is 1. The molecule has 4 rings (SSSR count). The van der Waals surface area contributed by atoms with Gasteiger partial charge in [-0.1, -0.05) is 23.9 Å². The Kier molecular flexibility index (Phi) is 4.26. The van der Waals surface area contributed by atoms with Gasteiger partial charge in [-0.15, -0.1) is 0 Å². The normalized spacial score (nSPS) is 13.4. The number of aromatic amines is 1. The maximum absolute atomic E-state index is 12.7. The van der Waals surface area contributed by atoms with Crippen molar-refractivity contribution in [3.05, 3.63) is 42.5 Å². The second-order valence-electron chi connectivity index (χ2n) is 5.76. The standard InChI is InChI=1S/C18H16N4O3S/c1-25-11-6-7-12-14(8-11)21-18(20-12)26-10-17(24)22-9-16(23)19-13-4-2-3-5-15(13)22/h2-8H,9-10H2,1H3,(H,19,23)(H,20,21). The van der Waals surface area contributed by atoms with E-state index < -0.39 is 0 Å². The number of para-hydroxylation sites is 2. The van der Waals surface area contributed by atoms with E-state index in [0.29, 0.717) is 16.5 Å². The fraction of sp³-hybridized carbons (Fsp3) is 0.167. The minimum atomic E-state index is -0.196. The summed E-state index contributed by atoms with van der Waals surface area (Å²) in [4.78, 5) is 33.7. The van der Waals surface area contributed by atoms with E-state index in [1.165, 1.54) is 16.7 Å². The van der Waals surface area contributed by atoms with E-state index >= 15 is 0 Å². The summed E-state index contributed by atoms with van der Waals surface area (Å²) in [7, 11) is 1.61. The van der Waals surface area contributed by atoms with Crippen LogP contribution in [0.2, 0.25) is 0 Å². The molecule has 0 spiro atoms. The molecule has 0 atom stereocenters. The van der Waals surface area contributed by atoms with Gasteiger partial charge >= 0.3 is 0 Å². The van der Waals surface area contributed by atoms with Gasteiger partial charge in [-0.3, -0.25) is 9.59 Å². The molecule has 2 aromatic carbocycles. The van der Waals surface area contributed by atoms with Crippen LogP contribution in [0.15, 0.2) is 47.6 Å². The molecule has 0 aliphatic carbocycles. The van der Waals surface area contributed by atoms with Gasteiger partial charge in [0.1, 0.15) is 12.3 Å². The number of H-pyrrole nitrogens is 1. The molecular formula is C18H16N4O3S. The van der Waals surface area contributed by atoms with E-state index in [1.807, 2.05) is 36.4 Å². The zero-order valence-electron chi connectivity index (χ0n) is 14.0. The van der Waals surface area contributed by atoms with Crippen LogP contribution in [0.3, 0.4) is 0 Å². The molecule has 0 fully saturated rings. The number of hydrogen-bond donors (Lipinski definition) is 2. The van der Waals surface area contributed by atoms with Crippen LogP contribution in [0.5, 0.6) is 5.75 Å². The quantitative estimate of drug-likeness (QED) is 0.692. The number of imidazole rings is 1. The summed E-state index contributed by atoms with van der Waals surface area (Å²) in [5, 5.41) is 3.43. The highest BCUT2D eigenvalue weighted by Gasteiger charge is 2.26. The number of rotatable bonds is 4. The van der Waals surface area contributed by atoms with E-state index in [0.717, 1.165) is 16.8 Å². The minimum Gasteiger partial charge on any atom is -0.497 e. The molecule has 0 bridgehead atoms. The molecule has 0 unspecified atom stereocenters. The highest BCUT2D eigenvalue weighted by Crippen LogP contribution is 2.30. The first-order valence-corrected chi connectivity index (χ1v) is 8.98. The van der Waals surface area contributed by atoms with E-state index in [9.17, 15) is 9.59 Å². The molecule has 1 aliphatic rings. The van der Waals surface area contributed by atoms with E-state index in [2.05, 4.69) is 15.3 Å². The lowest BCUT2D eigenvalue weighted by molar-refractivity contribution is -0.120. The zero-order chi connectivity index (χ0) is 18.1. The van der Waals surface area contributed by atoms with Crippen LogP contribution in [-0.4, -0.2) is 41.2 Å². The molecule has 8 heteroatoms. The molecule has 132 valence electrons. The largest absolute Gasteiger partial charge is 0.497 e. The number of carbonyl (C=O) groups excluding carboxylic acids is 2. The Morgan fingerprint density at radius 1 is 1.31 bits per heavy atom. The predicted octanol–water partition coefficient (Wildman–Crippen LogP) is 2.65. The molecule has 0 saturated carbocycles. The molecule has 0 radical (unpaired) electrons. The monoisotopic (exact) mass is 368 g/mol. The topological polar surface area (TPSA) is 87.3 Å². The summed E-state index contributed by atoms with van der Waals surface area (Å²) >= 11 is 1.31. The van der Waals surface area contributed by atoms with Crippen molar-refractivity contribution in [1.29, 1.82) is 0 Å². The van der Waals surface area contributed by atoms with Crippen molar-refractivity contribution < 1.29 is 14.3 Å². The van der Waals surface area contributed by atoms with Gasteiger partial charge < -0.3 is 19.9 Å². The summed E-state index contributed by atoms with van der Waals surface area (Å²) in [5.41, 5.74) is 3.02. The summed E-state index contributed by atoms with van der Waals surface area (Å²) < 4.78 is 5.20. The third-order valence-corrected chi connectivity index (χ3v) is 4.93. The van der Waals surface area contributed by atoms with Crippen LogP contribution in [0.25, 0.3) is 11.0 Å². The van der Waals surface area contributed by atoms with Crippen LogP contribution >= 0.6 is 11.8 Å². The summed E-state index contributed by atoms with van der Waals surface area (Å²) in [6.07, 6.45) is 0. The Morgan fingerprint density at radius 2 is 2.15 bits per heavy atom. The second kappa shape index (κ2) is 6.72. The lowest BCUT2D eigenvalue weighted by Crippen LogP contribution is -2.43. The van der Waals surface area contributed by atoms with Gasteiger partial charge in [0.05, 0.1) is 35.3 Å². The van der Waals surface area contributed by atoms with Crippen LogP contribution in [0.4, 0.5) is 11.4 Å². The van der Waals surface area contributed by atoms with Crippen LogP contribution in [-0.2, 0) is 9.59 Å². The van der Waals surface area contributed by atoms with Crippen molar-refractivity contribution in [2.75, 3.05) is 29.6 Å². The number of methoxy groups -OCH3 is 1. The summed E-state index contributed by atoms with van der Waals surface area (Å²) in [6.45, 7) is 0.0216. The molecule has 26 heavy (non-hydrogen) atoms. The smallest absolute Gasteiger partial charge is 0.244 e. The van der Waals surface area contributed by atoms with Gasteiger partial charge in [-0.05, 0) is 24.3 Å². The third kappa shape index (κ3) is 3.11. The number of benzene rings is 2. The SMILES string of the molecule is COc1ccc2nc(SCC(=O)N3CC(=O)Nc4ccccc43)[nH]c2c1. The third-order valence-electron chi connectivity index (χ3n) is 4.07. The summed E-state index contributed by atoms with van der Waals surface area (Å²) in [6, 6.07) is 12.8. The van der Waals surface area contributed by atoms with Crippen LogP contribution < -0.4 is 15.0 Å². The van der Waals surface area contributed by atoms with Gasteiger partial charge in [0, 0.05) is 6.07 Å². The Balaban J connectivity index is 1.50. The minimum absolute atomic E-state index is 0.0216. The molecular weight excluding hydrogens is 352 g/mol. The average Bonchev–Trinajstić information content (AvgIpc) is 3.07. The zero-order valence-corrected chi connectivity index (χ0v) is 14.8. The van der Waals surface area contributed by atoms with E-state index in [-0.39, 0.29) is 24.1 Å². The molecule has 1 aliphatic heterocycles. The van der Waals surface area contributed by atoms with Crippen LogP contribution in [0, 0.1) is 0 Å². The highest BCUT2D eigenvalue weighted by molar-refractivity contribution is 7.99. The molecule has 2 heterocycles. The fourth-order valence-electron chi connectivity index (χ4n) is 2.82. The van der Waals surface area contributed by atoms with Gasteiger partial charge in [-0.25, -0.2) is 4.98 Å². The second-order valence-corrected chi connectivity index (χ2v) is 6.72. The average molecular weight is 368 g/mol. The van der Waals surface area contributed by atoms with Gasteiger partial charge in [0.2, 0.25) is 11.8 Å². The van der Waals surface area contributed by atoms with Crippen molar-refractivity contribution in [2.24, 2.45) is 0 Å². The Labute approximate surface area is 153 Å². The Bertz CT molecular complexity index is 1000. The highest BCUT2D eigenvalue weighted by atomic mass is 32.2. The number of hydrogen-bond acceptors (Lipinski definition) is 5. The van der Waals surface area contributed by atoms with Gasteiger partial charge in [0.15, 0.2) is 5.16 Å².